The van der Waals surface area contributed by atoms with E-state index in [1.807, 2.05) is 0 Å². The van der Waals surface area contributed by atoms with E-state index in [1.54, 1.807) is 0 Å². The number of amides is 2. The van der Waals surface area contributed by atoms with Crippen molar-refractivity contribution in [3.63, 3.8) is 0 Å². The molecule has 1 aromatic carbocycles. The maximum absolute atomic E-state index is 13.5. The molecule has 1 heterocycles. The molecule has 1 aromatic rings. The summed E-state index contributed by atoms with van der Waals surface area (Å²) in [6.45, 7) is -0.365. The number of thioether (sulfide) groups is 1. The minimum Gasteiger partial charge on any atom is -0.494 e. The minimum absolute atomic E-state index is 0.0298. The van der Waals surface area contributed by atoms with Gasteiger partial charge in [0.2, 0.25) is 5.91 Å². The number of imide groups is 1. The number of hydrogen-bond acceptors (Lipinski definition) is 5. The summed E-state index contributed by atoms with van der Waals surface area (Å²) in [6.07, 6.45) is 0.223. The van der Waals surface area contributed by atoms with Crippen molar-refractivity contribution in [3.05, 3.63) is 29.6 Å². The van der Waals surface area contributed by atoms with Gasteiger partial charge in [-0.05, 0) is 18.2 Å². The second-order valence-corrected chi connectivity index (χ2v) is 5.16. The zero-order valence-corrected chi connectivity index (χ0v) is 11.5. The number of ketones is 1. The van der Waals surface area contributed by atoms with Crippen molar-refractivity contribution in [3.8, 4) is 5.75 Å². The zero-order valence-electron chi connectivity index (χ0n) is 10.7. The highest BCUT2D eigenvalue weighted by molar-refractivity contribution is 8.13. The van der Waals surface area contributed by atoms with E-state index in [2.05, 4.69) is 0 Å². The first-order valence-electron chi connectivity index (χ1n) is 5.87. The predicted octanol–water partition coefficient (Wildman–Crippen LogP) is 2.10. The van der Waals surface area contributed by atoms with Crippen LogP contribution in [-0.4, -0.2) is 41.2 Å². The lowest BCUT2D eigenvalue weighted by atomic mass is 10.1. The van der Waals surface area contributed by atoms with Crippen LogP contribution < -0.4 is 4.74 Å². The summed E-state index contributed by atoms with van der Waals surface area (Å²) >= 11 is 0.996. The molecule has 1 aliphatic rings. The van der Waals surface area contributed by atoms with Crippen molar-refractivity contribution in [1.82, 2.24) is 4.90 Å². The average Bonchev–Trinajstić information content (AvgIpc) is 2.42. The third-order valence-corrected chi connectivity index (χ3v) is 3.71. The topological polar surface area (TPSA) is 63.7 Å². The molecule has 0 radical (unpaired) electrons. The summed E-state index contributed by atoms with van der Waals surface area (Å²) in [6, 6.07) is 3.76. The maximum Gasteiger partial charge on any atom is 0.288 e. The van der Waals surface area contributed by atoms with Crippen molar-refractivity contribution in [2.24, 2.45) is 0 Å². The van der Waals surface area contributed by atoms with Crippen LogP contribution in [0.3, 0.4) is 0 Å². The van der Waals surface area contributed by atoms with Crippen LogP contribution in [0.4, 0.5) is 9.18 Å². The monoisotopic (exact) mass is 297 g/mol. The lowest BCUT2D eigenvalue weighted by Crippen LogP contribution is -2.41. The van der Waals surface area contributed by atoms with Gasteiger partial charge in [0.1, 0.15) is 0 Å². The van der Waals surface area contributed by atoms with Gasteiger partial charge in [-0.3, -0.25) is 19.3 Å². The van der Waals surface area contributed by atoms with E-state index in [0.29, 0.717) is 5.75 Å². The van der Waals surface area contributed by atoms with Crippen LogP contribution in [0.2, 0.25) is 0 Å². The van der Waals surface area contributed by atoms with E-state index in [-0.39, 0.29) is 30.2 Å². The van der Waals surface area contributed by atoms with Crippen molar-refractivity contribution >= 4 is 28.7 Å². The van der Waals surface area contributed by atoms with Crippen LogP contribution in [-0.2, 0) is 4.79 Å². The standard InChI is InChI=1S/C13H12FNO4S/c1-19-11-3-2-8(6-9(11)14)10(16)7-15-12(17)4-5-20-13(15)18/h2-3,6H,4-5,7H2,1H3. The Kier molecular flexibility index (Phi) is 4.39. The molecule has 0 N–H and O–H groups in total. The van der Waals surface area contributed by atoms with Gasteiger partial charge in [-0.15, -0.1) is 0 Å². The largest absolute Gasteiger partial charge is 0.494 e. The van der Waals surface area contributed by atoms with Crippen molar-refractivity contribution < 1.29 is 23.5 Å². The molecule has 5 nitrogen and oxygen atoms in total. The number of benzene rings is 1. The molecule has 1 fully saturated rings. The van der Waals surface area contributed by atoms with Gasteiger partial charge in [0.15, 0.2) is 17.3 Å². The molecule has 0 aromatic heterocycles. The number of Topliss-reactive ketones (excluding diaryl/α,β-unsaturated/α-hetero) is 1. The van der Waals surface area contributed by atoms with Crippen molar-refractivity contribution in [2.45, 2.75) is 6.42 Å². The van der Waals surface area contributed by atoms with Gasteiger partial charge in [0, 0.05) is 17.7 Å². The van der Waals surface area contributed by atoms with E-state index in [9.17, 15) is 18.8 Å². The molecule has 0 spiro atoms. The van der Waals surface area contributed by atoms with Crippen LogP contribution >= 0.6 is 11.8 Å². The quantitative estimate of drug-likeness (QED) is 0.796. The molecule has 0 bridgehead atoms. The van der Waals surface area contributed by atoms with E-state index in [0.717, 1.165) is 22.7 Å². The highest BCUT2D eigenvalue weighted by atomic mass is 32.2. The van der Waals surface area contributed by atoms with Gasteiger partial charge in [-0.1, -0.05) is 11.8 Å². The molecular weight excluding hydrogens is 285 g/mol. The highest BCUT2D eigenvalue weighted by Gasteiger charge is 2.28. The summed E-state index contributed by atoms with van der Waals surface area (Å²) in [5, 5.41) is -0.441. The number of halogens is 1. The molecule has 0 aliphatic carbocycles. The summed E-state index contributed by atoms with van der Waals surface area (Å²) in [5.41, 5.74) is 0.0967. The van der Waals surface area contributed by atoms with Crippen LogP contribution in [0.25, 0.3) is 0 Å². The smallest absolute Gasteiger partial charge is 0.288 e. The number of carbonyl (C=O) groups excluding carboxylic acids is 3. The molecule has 7 heteroatoms. The van der Waals surface area contributed by atoms with Gasteiger partial charge in [0.25, 0.3) is 5.24 Å². The highest BCUT2D eigenvalue weighted by Crippen LogP contribution is 2.21. The van der Waals surface area contributed by atoms with Crippen molar-refractivity contribution in [2.75, 3.05) is 19.4 Å². The summed E-state index contributed by atoms with van der Waals surface area (Å²) < 4.78 is 18.3. The Morgan fingerprint density at radius 1 is 1.45 bits per heavy atom. The number of hydrogen-bond donors (Lipinski definition) is 0. The Morgan fingerprint density at radius 3 is 2.80 bits per heavy atom. The van der Waals surface area contributed by atoms with Gasteiger partial charge in [-0.25, -0.2) is 4.39 Å². The Morgan fingerprint density at radius 2 is 2.20 bits per heavy atom. The first-order valence-corrected chi connectivity index (χ1v) is 6.85. The van der Waals surface area contributed by atoms with Gasteiger partial charge < -0.3 is 4.74 Å². The van der Waals surface area contributed by atoms with Gasteiger partial charge >= 0.3 is 0 Å². The van der Waals surface area contributed by atoms with E-state index < -0.39 is 16.8 Å². The zero-order chi connectivity index (χ0) is 14.7. The molecule has 0 saturated carbocycles. The molecule has 0 unspecified atom stereocenters. The lowest BCUT2D eigenvalue weighted by Gasteiger charge is -2.23. The molecule has 1 aliphatic heterocycles. The Bertz CT molecular complexity index is 559. The molecule has 106 valence electrons. The first-order chi connectivity index (χ1) is 9.52. The van der Waals surface area contributed by atoms with Gasteiger partial charge in [-0.2, -0.15) is 0 Å². The van der Waals surface area contributed by atoms with E-state index >= 15 is 0 Å². The van der Waals surface area contributed by atoms with E-state index in [4.69, 9.17) is 4.74 Å². The maximum atomic E-state index is 13.5. The number of nitrogens with zero attached hydrogens (tertiary/aromatic N) is 1. The normalized spacial score (nSPS) is 15.4. The molecular formula is C13H12FNO4S. The fraction of sp³-hybridized carbons (Fsp3) is 0.308. The second kappa shape index (κ2) is 6.04. The summed E-state index contributed by atoms with van der Waals surface area (Å²) in [4.78, 5) is 36.0. The SMILES string of the molecule is COc1ccc(C(=O)CN2C(=O)CCSC2=O)cc1F. The van der Waals surface area contributed by atoms with Crippen molar-refractivity contribution in [1.29, 1.82) is 0 Å². The van der Waals surface area contributed by atoms with Crippen LogP contribution in [0.15, 0.2) is 18.2 Å². The Balaban J connectivity index is 2.13. The molecule has 1 saturated heterocycles. The fourth-order valence-corrected chi connectivity index (χ4v) is 2.54. The number of carbonyl (C=O) groups is 3. The number of methoxy groups -OCH3 is 1. The molecule has 2 amide bonds. The molecule has 20 heavy (non-hydrogen) atoms. The summed E-state index contributed by atoms with van der Waals surface area (Å²) in [5.74, 6) is -1.07. The molecule has 0 atom stereocenters. The van der Waals surface area contributed by atoms with Gasteiger partial charge in [0.05, 0.1) is 13.7 Å². The van der Waals surface area contributed by atoms with Crippen LogP contribution in [0.5, 0.6) is 5.75 Å². The first kappa shape index (κ1) is 14.5. The Labute approximate surface area is 119 Å². The third kappa shape index (κ3) is 2.98. The lowest BCUT2D eigenvalue weighted by molar-refractivity contribution is -0.127. The molecule has 2 rings (SSSR count). The third-order valence-electron chi connectivity index (χ3n) is 2.84. The predicted molar refractivity (Wildman–Crippen MR) is 71.5 cm³/mol. The number of rotatable bonds is 4. The van der Waals surface area contributed by atoms with Crippen LogP contribution in [0.1, 0.15) is 16.8 Å². The Hall–Kier alpha value is -1.89. The average molecular weight is 297 g/mol. The van der Waals surface area contributed by atoms with Crippen LogP contribution in [0, 0.1) is 5.82 Å². The fourth-order valence-electron chi connectivity index (χ4n) is 1.77. The second-order valence-electron chi connectivity index (χ2n) is 4.12. The summed E-state index contributed by atoms with van der Waals surface area (Å²) in [7, 11) is 1.32. The van der Waals surface area contributed by atoms with E-state index in [1.165, 1.54) is 19.2 Å². The number of ether oxygens (including phenoxy) is 1. The minimum atomic E-state index is -0.663.